The highest BCUT2D eigenvalue weighted by Gasteiger charge is 2.34. The van der Waals surface area contributed by atoms with E-state index in [9.17, 15) is 18.3 Å². The molecule has 1 aliphatic rings. The van der Waals surface area contributed by atoms with Crippen molar-refractivity contribution in [3.05, 3.63) is 60.2 Å². The molecule has 7 nitrogen and oxygen atoms in total. The van der Waals surface area contributed by atoms with E-state index in [2.05, 4.69) is 4.72 Å². The van der Waals surface area contributed by atoms with Crippen LogP contribution in [0.4, 0.5) is 5.69 Å². The molecule has 2 atom stereocenters. The number of carbonyl (C=O) groups excluding carboxylic acids is 1. The van der Waals surface area contributed by atoms with Crippen LogP contribution < -0.4 is 4.72 Å². The molecule has 0 aliphatic carbocycles. The first kappa shape index (κ1) is 18.4. The van der Waals surface area contributed by atoms with Crippen molar-refractivity contribution in [2.75, 3.05) is 25.0 Å². The van der Waals surface area contributed by atoms with Crippen LogP contribution >= 0.6 is 0 Å². The van der Waals surface area contributed by atoms with Crippen LogP contribution in [-0.2, 0) is 19.6 Å². The highest BCUT2D eigenvalue weighted by Crippen LogP contribution is 2.29. The van der Waals surface area contributed by atoms with Crippen LogP contribution in [-0.4, -0.2) is 50.6 Å². The van der Waals surface area contributed by atoms with Gasteiger partial charge in [0.1, 0.15) is 12.7 Å². The number of sulfonamides is 1. The smallest absolute Gasteiger partial charge is 0.261 e. The quantitative estimate of drug-likeness (QED) is 0.822. The number of carbonyl (C=O) groups is 1. The van der Waals surface area contributed by atoms with Crippen molar-refractivity contribution in [3.63, 3.8) is 0 Å². The van der Waals surface area contributed by atoms with Crippen molar-refractivity contribution in [2.24, 2.45) is 0 Å². The maximum Gasteiger partial charge on any atom is 0.261 e. The van der Waals surface area contributed by atoms with Crippen molar-refractivity contribution in [2.45, 2.75) is 17.0 Å². The molecular formula is C18H20N2O5S. The predicted octanol–water partition coefficient (Wildman–Crippen LogP) is 1.38. The average molecular weight is 376 g/mol. The molecule has 0 aromatic heterocycles. The minimum atomic E-state index is -3.66. The highest BCUT2D eigenvalue weighted by atomic mass is 32.2. The van der Waals surface area contributed by atoms with Gasteiger partial charge < -0.3 is 14.7 Å². The van der Waals surface area contributed by atoms with Crippen LogP contribution in [0.25, 0.3) is 0 Å². The van der Waals surface area contributed by atoms with Crippen molar-refractivity contribution in [1.82, 2.24) is 4.90 Å². The largest absolute Gasteiger partial charge is 0.394 e. The van der Waals surface area contributed by atoms with E-state index >= 15 is 0 Å². The summed E-state index contributed by atoms with van der Waals surface area (Å²) in [4.78, 5) is 13.4. The molecule has 1 fully saturated rings. The normalized spacial score (nSPS) is 20.8. The van der Waals surface area contributed by atoms with Crippen molar-refractivity contribution in [1.29, 1.82) is 0 Å². The van der Waals surface area contributed by atoms with E-state index < -0.39 is 22.2 Å². The second-order valence-corrected chi connectivity index (χ2v) is 7.71. The summed E-state index contributed by atoms with van der Waals surface area (Å²) in [5.41, 5.74) is 1.17. The molecule has 1 saturated heterocycles. The zero-order chi connectivity index (χ0) is 18.7. The molecule has 2 unspecified atom stereocenters. The van der Waals surface area contributed by atoms with E-state index in [4.69, 9.17) is 4.74 Å². The number of hydrogen-bond acceptors (Lipinski definition) is 5. The molecule has 0 spiro atoms. The summed E-state index contributed by atoms with van der Waals surface area (Å²) < 4.78 is 32.8. The molecule has 1 amide bonds. The summed E-state index contributed by atoms with van der Waals surface area (Å²) in [6.07, 6.45) is -0.470. The number of hydrogen-bond donors (Lipinski definition) is 2. The lowest BCUT2D eigenvalue weighted by Crippen LogP contribution is -2.50. The molecule has 0 bridgehead atoms. The summed E-state index contributed by atoms with van der Waals surface area (Å²) >= 11 is 0. The number of benzene rings is 2. The zero-order valence-corrected chi connectivity index (χ0v) is 15.0. The van der Waals surface area contributed by atoms with Gasteiger partial charge in [-0.15, -0.1) is 0 Å². The van der Waals surface area contributed by atoms with Gasteiger partial charge in [-0.2, -0.15) is 0 Å². The summed E-state index contributed by atoms with van der Waals surface area (Å²) in [6.45, 7) is -0.282. The van der Waals surface area contributed by atoms with Crippen LogP contribution in [0.15, 0.2) is 59.5 Å². The van der Waals surface area contributed by atoms with Gasteiger partial charge in [0.05, 0.1) is 17.5 Å². The van der Waals surface area contributed by atoms with Gasteiger partial charge in [0.25, 0.3) is 10.0 Å². The number of nitrogens with one attached hydrogen (secondary N) is 1. The zero-order valence-electron chi connectivity index (χ0n) is 14.2. The van der Waals surface area contributed by atoms with E-state index in [1.54, 1.807) is 49.5 Å². The molecule has 138 valence electrons. The van der Waals surface area contributed by atoms with E-state index in [1.807, 2.05) is 0 Å². The lowest BCUT2D eigenvalue weighted by Gasteiger charge is -2.38. The van der Waals surface area contributed by atoms with Crippen LogP contribution in [0, 0.1) is 0 Å². The van der Waals surface area contributed by atoms with Gasteiger partial charge in [-0.05, 0) is 29.8 Å². The molecule has 26 heavy (non-hydrogen) atoms. The van der Waals surface area contributed by atoms with Gasteiger partial charge in [0.15, 0.2) is 0 Å². The number of amides is 1. The molecular weight excluding hydrogens is 356 g/mol. The Balaban J connectivity index is 1.77. The molecule has 0 saturated carbocycles. The minimum absolute atomic E-state index is 0.0555. The van der Waals surface area contributed by atoms with Gasteiger partial charge in [0, 0.05) is 12.7 Å². The standard InChI is InChI=1S/C18H20N2O5S/c1-20-16(11-21)18(25-12-17(20)22)13-7-9-14(10-8-13)19-26(23,24)15-5-3-2-4-6-15/h2-10,16,18-19,21H,11-12H2,1H3. The second-order valence-electron chi connectivity index (χ2n) is 6.03. The summed E-state index contributed by atoms with van der Waals surface area (Å²) in [7, 11) is -2.03. The van der Waals surface area contributed by atoms with Crippen molar-refractivity contribution < 1.29 is 23.1 Å². The molecule has 2 N–H and O–H groups in total. The number of rotatable bonds is 5. The molecule has 8 heteroatoms. The maximum atomic E-state index is 12.4. The first-order valence-electron chi connectivity index (χ1n) is 8.08. The molecule has 1 heterocycles. The van der Waals surface area contributed by atoms with Gasteiger partial charge in [-0.25, -0.2) is 8.42 Å². The lowest BCUT2D eigenvalue weighted by atomic mass is 10.00. The van der Waals surface area contributed by atoms with E-state index in [1.165, 1.54) is 17.0 Å². The van der Waals surface area contributed by atoms with Crippen molar-refractivity contribution >= 4 is 21.6 Å². The number of nitrogens with zero attached hydrogens (tertiary/aromatic N) is 1. The fraction of sp³-hybridized carbons (Fsp3) is 0.278. The van der Waals surface area contributed by atoms with Crippen LogP contribution in [0.2, 0.25) is 0 Å². The van der Waals surface area contributed by atoms with E-state index in [-0.39, 0.29) is 24.0 Å². The summed E-state index contributed by atoms with van der Waals surface area (Å²) in [5, 5.41) is 9.58. The van der Waals surface area contributed by atoms with Gasteiger partial charge in [-0.3, -0.25) is 9.52 Å². The molecule has 0 radical (unpaired) electrons. The Bertz CT molecular complexity index is 868. The molecule has 2 aromatic carbocycles. The molecule has 3 rings (SSSR count). The number of morpholine rings is 1. The number of ether oxygens (including phenoxy) is 1. The third-order valence-corrected chi connectivity index (χ3v) is 5.76. The first-order chi connectivity index (χ1) is 12.4. The van der Waals surface area contributed by atoms with Gasteiger partial charge >= 0.3 is 0 Å². The van der Waals surface area contributed by atoms with Crippen LogP contribution in [0.1, 0.15) is 11.7 Å². The maximum absolute atomic E-state index is 12.4. The Morgan fingerprint density at radius 1 is 1.15 bits per heavy atom. The topological polar surface area (TPSA) is 95.9 Å². The fourth-order valence-electron chi connectivity index (χ4n) is 2.85. The third kappa shape index (κ3) is 3.72. The number of anilines is 1. The fourth-order valence-corrected chi connectivity index (χ4v) is 3.93. The van der Waals surface area contributed by atoms with Gasteiger partial charge in [0.2, 0.25) is 5.91 Å². The lowest BCUT2D eigenvalue weighted by molar-refractivity contribution is -0.157. The molecule has 1 aliphatic heterocycles. The molecule has 2 aromatic rings. The monoisotopic (exact) mass is 376 g/mol. The number of likely N-dealkylation sites (N-methyl/N-ethyl adjacent to an activating group) is 1. The number of aliphatic hydroxyl groups excluding tert-OH is 1. The predicted molar refractivity (Wildman–Crippen MR) is 96.0 cm³/mol. The van der Waals surface area contributed by atoms with Crippen LogP contribution in [0.3, 0.4) is 0 Å². The Morgan fingerprint density at radius 3 is 2.42 bits per heavy atom. The summed E-state index contributed by atoms with van der Waals surface area (Å²) in [5.74, 6) is -0.187. The van der Waals surface area contributed by atoms with E-state index in [0.29, 0.717) is 5.69 Å². The highest BCUT2D eigenvalue weighted by molar-refractivity contribution is 7.92. The Labute approximate surface area is 152 Å². The van der Waals surface area contributed by atoms with Gasteiger partial charge in [-0.1, -0.05) is 30.3 Å². The number of aliphatic hydroxyl groups is 1. The third-order valence-electron chi connectivity index (χ3n) is 4.36. The Morgan fingerprint density at radius 2 is 1.81 bits per heavy atom. The minimum Gasteiger partial charge on any atom is -0.394 e. The van der Waals surface area contributed by atoms with Crippen LogP contribution in [0.5, 0.6) is 0 Å². The SMILES string of the molecule is CN1C(=O)COC(c2ccc(NS(=O)(=O)c3ccccc3)cc2)C1CO. The summed E-state index contributed by atoms with van der Waals surface area (Å²) in [6, 6.07) is 14.3. The Kier molecular flexibility index (Phi) is 5.26. The Hall–Kier alpha value is -2.42. The van der Waals surface area contributed by atoms with Crippen molar-refractivity contribution in [3.8, 4) is 0 Å². The average Bonchev–Trinajstić information content (AvgIpc) is 2.65. The van der Waals surface area contributed by atoms with E-state index in [0.717, 1.165) is 5.56 Å². The second kappa shape index (κ2) is 7.45. The first-order valence-corrected chi connectivity index (χ1v) is 9.56.